The van der Waals surface area contributed by atoms with Gasteiger partial charge >= 0.3 is 5.97 Å². The lowest BCUT2D eigenvalue weighted by molar-refractivity contribution is -0.142. The van der Waals surface area contributed by atoms with Gasteiger partial charge in [0.2, 0.25) is 7.44 Å². The molecule has 2 aromatic heterocycles. The van der Waals surface area contributed by atoms with Gasteiger partial charge in [0, 0.05) is 11.6 Å². The number of para-hydroxylation sites is 1. The second kappa shape index (κ2) is 10.7. The Morgan fingerprint density at radius 2 is 1.97 bits per heavy atom. The number of rotatable bonds is 12. The molecule has 3 aromatic rings. The predicted octanol–water partition coefficient (Wildman–Crippen LogP) is 2.78. The maximum atomic E-state index is 14.0. The fourth-order valence-electron chi connectivity index (χ4n) is 3.60. The molecule has 12 nitrogen and oxygen atoms in total. The number of nitrogens with two attached hydrogens (primary N) is 1. The monoisotopic (exact) mass is 505 g/mol. The van der Waals surface area contributed by atoms with E-state index in [1.807, 2.05) is 32.0 Å². The van der Waals surface area contributed by atoms with E-state index in [0.29, 0.717) is 23.5 Å². The summed E-state index contributed by atoms with van der Waals surface area (Å²) >= 11 is 0. The number of anilines is 1. The molecule has 0 aliphatic carbocycles. The minimum absolute atomic E-state index is 0.256. The average molecular weight is 506 g/mol. The van der Waals surface area contributed by atoms with Crippen molar-refractivity contribution in [2.24, 2.45) is 0 Å². The highest BCUT2D eigenvalue weighted by Crippen LogP contribution is 2.43. The molecule has 0 aliphatic rings. The van der Waals surface area contributed by atoms with Crippen molar-refractivity contribution in [1.82, 2.24) is 29.7 Å². The summed E-state index contributed by atoms with van der Waals surface area (Å²) in [6.07, 6.45) is 2.28. The van der Waals surface area contributed by atoms with Crippen LogP contribution < -0.4 is 20.6 Å². The molecule has 2 heterocycles. The van der Waals surface area contributed by atoms with Gasteiger partial charge in [-0.3, -0.25) is 9.36 Å². The number of carboxylic acids is 1. The van der Waals surface area contributed by atoms with Gasteiger partial charge in [-0.25, -0.2) is 25.1 Å². The van der Waals surface area contributed by atoms with Gasteiger partial charge in [-0.2, -0.15) is 0 Å². The van der Waals surface area contributed by atoms with Gasteiger partial charge in [0.15, 0.2) is 11.5 Å². The number of nitrogens with zero attached hydrogens (tertiary/aromatic N) is 4. The molecular formula is C22H32N7O5P. The number of fused-ring (bicyclic) bond motifs is 1. The maximum absolute atomic E-state index is 14.0. The first kappa shape index (κ1) is 26.6. The Hall–Kier alpha value is -3.05. The Bertz CT molecular complexity index is 1230. The number of nitrogens with one attached hydrogen (secondary N) is 2. The largest absolute Gasteiger partial charge is 0.496 e. The van der Waals surface area contributed by atoms with Crippen LogP contribution in [0.2, 0.25) is 0 Å². The third-order valence-electron chi connectivity index (χ3n) is 5.43. The molecule has 3 rings (SSSR count). The van der Waals surface area contributed by atoms with Crippen LogP contribution in [0.1, 0.15) is 39.3 Å². The number of ether oxygens (including phenoxy) is 2. The van der Waals surface area contributed by atoms with Gasteiger partial charge in [0.05, 0.1) is 26.1 Å². The van der Waals surface area contributed by atoms with Crippen molar-refractivity contribution >= 4 is 30.4 Å². The average Bonchev–Trinajstić information content (AvgIpc) is 3.21. The summed E-state index contributed by atoms with van der Waals surface area (Å²) in [5.41, 5.74) is 6.20. The van der Waals surface area contributed by atoms with E-state index in [9.17, 15) is 14.5 Å². The standard InChI is InChI=1S/C22H32N7O5P/c1-14(10-29-12-26-18-19(23)24-11-25-20(18)29)34-13-35(32,28-22(3,4)21(30)31)27-15(2)16-8-6-7-9-17(16)33-5/h6-9,11-12,14-15H,10,13H2,1-5H3,(H,30,31)(H2,23,24,25)(H2,27,28,32)/t14?,15-,35?/m1/s1. The normalized spacial score (nSPS) is 15.5. The van der Waals surface area contributed by atoms with Crippen LogP contribution in [0.3, 0.4) is 0 Å². The fourth-order valence-corrected chi connectivity index (χ4v) is 6.03. The summed E-state index contributed by atoms with van der Waals surface area (Å²) in [4.78, 5) is 24.1. The molecule has 0 spiro atoms. The first-order valence-corrected chi connectivity index (χ1v) is 12.9. The van der Waals surface area contributed by atoms with E-state index in [-0.39, 0.29) is 12.2 Å². The van der Waals surface area contributed by atoms with E-state index in [0.717, 1.165) is 5.56 Å². The molecule has 0 saturated heterocycles. The number of aliphatic carboxylic acids is 1. The molecule has 0 saturated carbocycles. The van der Waals surface area contributed by atoms with Crippen molar-refractivity contribution in [2.75, 3.05) is 19.2 Å². The lowest BCUT2D eigenvalue weighted by atomic mass is 10.1. The minimum Gasteiger partial charge on any atom is -0.496 e. The van der Waals surface area contributed by atoms with Crippen LogP contribution in [-0.4, -0.2) is 55.7 Å². The Morgan fingerprint density at radius 1 is 1.26 bits per heavy atom. The molecule has 0 fully saturated rings. The second-order valence-corrected chi connectivity index (χ2v) is 11.0. The number of imidazole rings is 1. The summed E-state index contributed by atoms with van der Waals surface area (Å²) in [5, 5.41) is 15.5. The van der Waals surface area contributed by atoms with Gasteiger partial charge in [-0.05, 0) is 33.8 Å². The lowest BCUT2D eigenvalue weighted by Gasteiger charge is -2.32. The predicted molar refractivity (Wildman–Crippen MR) is 132 cm³/mol. The van der Waals surface area contributed by atoms with E-state index in [1.165, 1.54) is 20.2 Å². The van der Waals surface area contributed by atoms with Gasteiger partial charge in [0.1, 0.15) is 29.5 Å². The van der Waals surface area contributed by atoms with E-state index < -0.39 is 31.1 Å². The van der Waals surface area contributed by atoms with Crippen molar-refractivity contribution in [1.29, 1.82) is 0 Å². The SMILES string of the molecule is COc1ccccc1[C@@H](C)NP(=O)(COC(C)Cn1cnc2c(N)ncnc21)NC(C)(C)C(=O)O. The van der Waals surface area contributed by atoms with Crippen LogP contribution in [0.4, 0.5) is 5.82 Å². The Kier molecular flexibility index (Phi) is 8.11. The zero-order valence-electron chi connectivity index (χ0n) is 20.4. The summed E-state index contributed by atoms with van der Waals surface area (Å²) in [6, 6.07) is 6.91. The molecule has 0 bridgehead atoms. The van der Waals surface area contributed by atoms with Crippen molar-refractivity contribution in [2.45, 2.75) is 51.9 Å². The molecule has 0 aliphatic heterocycles. The summed E-state index contributed by atoms with van der Waals surface area (Å²) < 4.78 is 27.1. The van der Waals surface area contributed by atoms with Gasteiger partial charge in [-0.15, -0.1) is 0 Å². The molecular weight excluding hydrogens is 473 g/mol. The topological polar surface area (TPSA) is 167 Å². The molecule has 5 N–H and O–H groups in total. The fraction of sp³-hybridized carbons (Fsp3) is 0.455. The quantitative estimate of drug-likeness (QED) is 0.267. The third-order valence-corrected chi connectivity index (χ3v) is 7.66. The Morgan fingerprint density at radius 3 is 2.66 bits per heavy atom. The van der Waals surface area contributed by atoms with Gasteiger partial charge < -0.3 is 24.9 Å². The Balaban J connectivity index is 1.77. The van der Waals surface area contributed by atoms with Crippen molar-refractivity contribution < 1.29 is 23.9 Å². The van der Waals surface area contributed by atoms with Crippen molar-refractivity contribution in [3.8, 4) is 5.75 Å². The first-order chi connectivity index (χ1) is 16.5. The first-order valence-electron chi connectivity index (χ1n) is 11.0. The third kappa shape index (κ3) is 6.34. The number of carboxylic acid groups (broad SMARTS) is 1. The number of aromatic nitrogens is 4. The van der Waals surface area contributed by atoms with Crippen LogP contribution in [0.25, 0.3) is 11.2 Å². The van der Waals surface area contributed by atoms with Crippen LogP contribution in [0.15, 0.2) is 36.9 Å². The van der Waals surface area contributed by atoms with Crippen LogP contribution >= 0.6 is 7.44 Å². The molecule has 0 radical (unpaired) electrons. The molecule has 190 valence electrons. The highest BCUT2D eigenvalue weighted by molar-refractivity contribution is 7.59. The van der Waals surface area contributed by atoms with Crippen LogP contribution in [-0.2, 0) is 20.6 Å². The highest BCUT2D eigenvalue weighted by Gasteiger charge is 2.37. The Labute approximate surface area is 203 Å². The summed E-state index contributed by atoms with van der Waals surface area (Å²) in [6.45, 7) is 6.89. The summed E-state index contributed by atoms with van der Waals surface area (Å²) in [7, 11) is -2.02. The molecule has 13 heteroatoms. The number of hydrogen-bond donors (Lipinski definition) is 4. The number of methoxy groups -OCH3 is 1. The van der Waals surface area contributed by atoms with Crippen molar-refractivity contribution in [3.63, 3.8) is 0 Å². The van der Waals surface area contributed by atoms with E-state index in [2.05, 4.69) is 25.1 Å². The zero-order valence-corrected chi connectivity index (χ0v) is 21.3. The van der Waals surface area contributed by atoms with E-state index >= 15 is 0 Å². The van der Waals surface area contributed by atoms with Crippen LogP contribution in [0.5, 0.6) is 5.75 Å². The second-order valence-electron chi connectivity index (χ2n) is 8.81. The van der Waals surface area contributed by atoms with Gasteiger partial charge in [-0.1, -0.05) is 18.2 Å². The molecule has 3 atom stereocenters. The highest BCUT2D eigenvalue weighted by atomic mass is 31.2. The number of hydrogen-bond acceptors (Lipinski definition) is 8. The zero-order chi connectivity index (χ0) is 25.8. The molecule has 35 heavy (non-hydrogen) atoms. The minimum atomic E-state index is -3.58. The van der Waals surface area contributed by atoms with Crippen molar-refractivity contribution in [3.05, 3.63) is 42.5 Å². The smallest absolute Gasteiger partial charge is 0.323 e. The van der Waals surface area contributed by atoms with E-state index in [1.54, 1.807) is 24.1 Å². The molecule has 2 unspecified atom stereocenters. The van der Waals surface area contributed by atoms with E-state index in [4.69, 9.17) is 15.2 Å². The number of nitrogen functional groups attached to an aromatic ring is 1. The lowest BCUT2D eigenvalue weighted by Crippen LogP contribution is -2.47. The molecule has 0 amide bonds. The summed E-state index contributed by atoms with van der Waals surface area (Å²) in [5.74, 6) is -0.236. The molecule has 1 aromatic carbocycles. The van der Waals surface area contributed by atoms with Gasteiger partial charge in [0.25, 0.3) is 0 Å². The number of benzene rings is 1. The maximum Gasteiger partial charge on any atom is 0.323 e. The number of carbonyl (C=O) groups is 1. The van der Waals surface area contributed by atoms with Crippen LogP contribution in [0, 0.1) is 0 Å².